The largest absolute Gasteiger partial charge is 0.358 e. The number of aromatic nitrogens is 3. The summed E-state index contributed by atoms with van der Waals surface area (Å²) < 4.78 is 1.87. The SMILES string of the molecule is Cc1cc2c(N(C)CCC(N)C(C)C)nccn2n1. The molecule has 2 N–H and O–H groups in total. The molecule has 0 aliphatic carbocycles. The molecule has 0 saturated heterocycles. The van der Waals surface area contributed by atoms with E-state index in [2.05, 4.69) is 41.9 Å². The van der Waals surface area contributed by atoms with E-state index in [1.165, 1.54) is 0 Å². The molecule has 5 heteroatoms. The van der Waals surface area contributed by atoms with Crippen LogP contribution < -0.4 is 10.6 Å². The molecule has 1 atom stereocenters. The Morgan fingerprint density at radius 1 is 1.42 bits per heavy atom. The van der Waals surface area contributed by atoms with Crippen molar-refractivity contribution in [1.82, 2.24) is 14.6 Å². The molecule has 19 heavy (non-hydrogen) atoms. The molecular formula is C14H23N5. The van der Waals surface area contributed by atoms with Crippen LogP contribution in [0.5, 0.6) is 0 Å². The zero-order valence-electron chi connectivity index (χ0n) is 12.2. The highest BCUT2D eigenvalue weighted by molar-refractivity contribution is 5.68. The van der Waals surface area contributed by atoms with Crippen LogP contribution >= 0.6 is 0 Å². The second-order valence-electron chi connectivity index (χ2n) is 5.48. The zero-order chi connectivity index (χ0) is 14.0. The van der Waals surface area contributed by atoms with Gasteiger partial charge in [-0.1, -0.05) is 13.8 Å². The van der Waals surface area contributed by atoms with Gasteiger partial charge in [0.1, 0.15) is 5.52 Å². The molecule has 2 heterocycles. The standard InChI is InChI=1S/C14H23N5/c1-10(2)12(15)5-7-18(4)14-13-9-11(3)17-19(13)8-6-16-14/h6,8-10,12H,5,7,15H2,1-4H3. The smallest absolute Gasteiger partial charge is 0.154 e. The third-order valence-electron chi connectivity index (χ3n) is 3.51. The summed E-state index contributed by atoms with van der Waals surface area (Å²) in [7, 11) is 2.05. The minimum absolute atomic E-state index is 0.230. The van der Waals surface area contributed by atoms with Gasteiger partial charge in [0.2, 0.25) is 0 Å². The van der Waals surface area contributed by atoms with E-state index in [4.69, 9.17) is 5.73 Å². The molecule has 1 unspecified atom stereocenters. The molecule has 2 aromatic rings. The van der Waals surface area contributed by atoms with Crippen molar-refractivity contribution in [1.29, 1.82) is 0 Å². The number of hydrogen-bond donors (Lipinski definition) is 1. The van der Waals surface area contributed by atoms with E-state index in [1.807, 2.05) is 17.6 Å². The Hall–Kier alpha value is -1.62. The second-order valence-corrected chi connectivity index (χ2v) is 5.48. The highest BCUT2D eigenvalue weighted by Gasteiger charge is 2.12. The van der Waals surface area contributed by atoms with Gasteiger partial charge in [0.05, 0.1) is 5.69 Å². The van der Waals surface area contributed by atoms with E-state index in [0.717, 1.165) is 30.0 Å². The van der Waals surface area contributed by atoms with Crippen molar-refractivity contribution in [3.8, 4) is 0 Å². The van der Waals surface area contributed by atoms with Crippen LogP contribution in [0.25, 0.3) is 5.52 Å². The van der Waals surface area contributed by atoms with Crippen LogP contribution in [-0.4, -0.2) is 34.2 Å². The lowest BCUT2D eigenvalue weighted by molar-refractivity contribution is 0.466. The van der Waals surface area contributed by atoms with Crippen molar-refractivity contribution in [3.63, 3.8) is 0 Å². The van der Waals surface area contributed by atoms with Crippen molar-refractivity contribution in [2.24, 2.45) is 11.7 Å². The third kappa shape index (κ3) is 3.04. The first-order chi connectivity index (χ1) is 8.99. The summed E-state index contributed by atoms with van der Waals surface area (Å²) in [5.41, 5.74) is 8.14. The molecular weight excluding hydrogens is 238 g/mol. The quantitative estimate of drug-likeness (QED) is 0.892. The minimum atomic E-state index is 0.230. The van der Waals surface area contributed by atoms with Gasteiger partial charge in [-0.3, -0.25) is 0 Å². The molecule has 2 aromatic heterocycles. The molecule has 0 fully saturated rings. The molecule has 0 spiro atoms. The Morgan fingerprint density at radius 2 is 2.16 bits per heavy atom. The summed E-state index contributed by atoms with van der Waals surface area (Å²) in [4.78, 5) is 6.62. The first kappa shape index (κ1) is 13.8. The van der Waals surface area contributed by atoms with Crippen LogP contribution in [0, 0.1) is 12.8 Å². The van der Waals surface area contributed by atoms with Crippen molar-refractivity contribution in [3.05, 3.63) is 24.2 Å². The number of nitrogens with two attached hydrogens (primary N) is 1. The topological polar surface area (TPSA) is 59.5 Å². The average Bonchev–Trinajstić information content (AvgIpc) is 2.74. The van der Waals surface area contributed by atoms with E-state index >= 15 is 0 Å². The van der Waals surface area contributed by atoms with Crippen molar-refractivity contribution < 1.29 is 0 Å². The fourth-order valence-electron chi connectivity index (χ4n) is 2.11. The highest BCUT2D eigenvalue weighted by atomic mass is 15.3. The van der Waals surface area contributed by atoms with Gasteiger partial charge in [0, 0.05) is 32.0 Å². The van der Waals surface area contributed by atoms with Crippen molar-refractivity contribution in [2.45, 2.75) is 33.2 Å². The van der Waals surface area contributed by atoms with E-state index in [9.17, 15) is 0 Å². The molecule has 5 nitrogen and oxygen atoms in total. The number of nitrogens with zero attached hydrogens (tertiary/aromatic N) is 4. The Labute approximate surface area is 114 Å². The van der Waals surface area contributed by atoms with Gasteiger partial charge >= 0.3 is 0 Å². The lowest BCUT2D eigenvalue weighted by Gasteiger charge is -2.22. The maximum atomic E-state index is 6.09. The summed E-state index contributed by atoms with van der Waals surface area (Å²) >= 11 is 0. The van der Waals surface area contributed by atoms with Crippen molar-refractivity contribution in [2.75, 3.05) is 18.5 Å². The van der Waals surface area contributed by atoms with Crippen LogP contribution in [0.1, 0.15) is 26.0 Å². The lowest BCUT2D eigenvalue weighted by atomic mass is 10.0. The van der Waals surface area contributed by atoms with Gasteiger partial charge in [-0.25, -0.2) is 9.50 Å². The van der Waals surface area contributed by atoms with Gasteiger partial charge in [-0.2, -0.15) is 5.10 Å². The van der Waals surface area contributed by atoms with Crippen LogP contribution in [0.2, 0.25) is 0 Å². The summed E-state index contributed by atoms with van der Waals surface area (Å²) in [6, 6.07) is 2.29. The summed E-state index contributed by atoms with van der Waals surface area (Å²) in [6.45, 7) is 7.20. The monoisotopic (exact) mass is 261 g/mol. The number of rotatable bonds is 5. The Morgan fingerprint density at radius 3 is 2.84 bits per heavy atom. The Bertz CT molecular complexity index is 546. The number of fused-ring (bicyclic) bond motifs is 1. The summed E-state index contributed by atoms with van der Waals surface area (Å²) in [5, 5.41) is 4.40. The predicted molar refractivity (Wildman–Crippen MR) is 78.4 cm³/mol. The maximum absolute atomic E-state index is 6.09. The first-order valence-corrected chi connectivity index (χ1v) is 6.76. The third-order valence-corrected chi connectivity index (χ3v) is 3.51. The summed E-state index contributed by atoms with van der Waals surface area (Å²) in [5.74, 6) is 1.47. The first-order valence-electron chi connectivity index (χ1n) is 6.76. The number of hydrogen-bond acceptors (Lipinski definition) is 4. The fourth-order valence-corrected chi connectivity index (χ4v) is 2.11. The van der Waals surface area contributed by atoms with Crippen LogP contribution in [0.15, 0.2) is 18.5 Å². The van der Waals surface area contributed by atoms with Gasteiger partial charge < -0.3 is 10.6 Å². The number of aryl methyl sites for hydroxylation is 1. The number of anilines is 1. The van der Waals surface area contributed by atoms with Gasteiger partial charge in [0.25, 0.3) is 0 Å². The molecule has 2 rings (SSSR count). The van der Waals surface area contributed by atoms with Crippen molar-refractivity contribution >= 4 is 11.3 Å². The van der Waals surface area contributed by atoms with Gasteiger partial charge in [-0.05, 0) is 25.3 Å². The Balaban J connectivity index is 2.15. The molecule has 0 aliphatic heterocycles. The maximum Gasteiger partial charge on any atom is 0.154 e. The molecule has 0 bridgehead atoms. The minimum Gasteiger partial charge on any atom is -0.358 e. The Kier molecular flexibility index (Phi) is 4.04. The van der Waals surface area contributed by atoms with E-state index in [1.54, 1.807) is 6.20 Å². The normalized spacial score (nSPS) is 13.2. The molecule has 0 amide bonds. The molecule has 0 saturated carbocycles. The van der Waals surface area contributed by atoms with E-state index < -0.39 is 0 Å². The molecule has 0 aromatic carbocycles. The molecule has 0 aliphatic rings. The van der Waals surface area contributed by atoms with Crippen LogP contribution in [0.4, 0.5) is 5.82 Å². The fraction of sp³-hybridized carbons (Fsp3) is 0.571. The molecule has 0 radical (unpaired) electrons. The van der Waals surface area contributed by atoms with E-state index in [0.29, 0.717) is 5.92 Å². The van der Waals surface area contributed by atoms with Gasteiger partial charge in [0.15, 0.2) is 5.82 Å². The summed E-state index contributed by atoms with van der Waals surface area (Å²) in [6.07, 6.45) is 4.62. The van der Waals surface area contributed by atoms with Crippen LogP contribution in [0.3, 0.4) is 0 Å². The van der Waals surface area contributed by atoms with Gasteiger partial charge in [-0.15, -0.1) is 0 Å². The zero-order valence-corrected chi connectivity index (χ0v) is 12.2. The average molecular weight is 261 g/mol. The second kappa shape index (κ2) is 5.57. The van der Waals surface area contributed by atoms with E-state index in [-0.39, 0.29) is 6.04 Å². The highest BCUT2D eigenvalue weighted by Crippen LogP contribution is 2.18. The lowest BCUT2D eigenvalue weighted by Crippen LogP contribution is -2.32. The predicted octanol–water partition coefficient (Wildman–Crippen LogP) is 1.85. The van der Waals surface area contributed by atoms with Crippen LogP contribution in [-0.2, 0) is 0 Å². The molecule has 104 valence electrons.